The SMILES string of the molecule is O=C(COc1cc(Cl)cc(Cl)c1)Nc1cccc([N+](=O)[O-])c1. The Morgan fingerprint density at radius 1 is 1.18 bits per heavy atom. The molecule has 0 heterocycles. The van der Waals surface area contributed by atoms with E-state index in [1.807, 2.05) is 0 Å². The number of nitro groups is 1. The molecule has 0 unspecified atom stereocenters. The van der Waals surface area contributed by atoms with Crippen molar-refractivity contribution in [3.05, 3.63) is 62.6 Å². The molecule has 0 saturated carbocycles. The molecule has 2 aromatic rings. The normalized spacial score (nSPS) is 10.1. The number of carbonyl (C=O) groups excluding carboxylic acids is 1. The summed E-state index contributed by atoms with van der Waals surface area (Å²) in [5.41, 5.74) is 0.201. The number of ether oxygens (including phenoxy) is 1. The van der Waals surface area contributed by atoms with Crippen LogP contribution in [0.3, 0.4) is 0 Å². The Hall–Kier alpha value is -2.31. The molecule has 0 atom stereocenters. The molecule has 2 aromatic carbocycles. The van der Waals surface area contributed by atoms with Gasteiger partial charge in [0.05, 0.1) is 4.92 Å². The Morgan fingerprint density at radius 2 is 1.86 bits per heavy atom. The van der Waals surface area contributed by atoms with Gasteiger partial charge in [0.15, 0.2) is 6.61 Å². The van der Waals surface area contributed by atoms with Crippen LogP contribution >= 0.6 is 23.2 Å². The summed E-state index contributed by atoms with van der Waals surface area (Å²) in [7, 11) is 0. The lowest BCUT2D eigenvalue weighted by atomic mass is 10.3. The van der Waals surface area contributed by atoms with Crippen LogP contribution in [-0.2, 0) is 4.79 Å². The number of nitrogens with one attached hydrogen (secondary N) is 1. The Labute approximate surface area is 135 Å². The molecule has 1 amide bonds. The Kier molecular flexibility index (Phi) is 5.19. The minimum absolute atomic E-state index is 0.111. The molecule has 6 nitrogen and oxygen atoms in total. The second-order valence-electron chi connectivity index (χ2n) is 4.25. The van der Waals surface area contributed by atoms with Crippen LogP contribution in [0, 0.1) is 10.1 Å². The minimum Gasteiger partial charge on any atom is -0.484 e. The highest BCUT2D eigenvalue weighted by Crippen LogP contribution is 2.24. The van der Waals surface area contributed by atoms with Crippen LogP contribution < -0.4 is 10.1 Å². The van der Waals surface area contributed by atoms with Gasteiger partial charge in [-0.3, -0.25) is 14.9 Å². The van der Waals surface area contributed by atoms with Crippen LogP contribution in [0.4, 0.5) is 11.4 Å². The Bertz CT molecular complexity index is 701. The van der Waals surface area contributed by atoms with Gasteiger partial charge >= 0.3 is 0 Å². The number of amides is 1. The molecular formula is C14H10Cl2N2O4. The predicted octanol–water partition coefficient (Wildman–Crippen LogP) is 3.92. The third kappa shape index (κ3) is 4.61. The van der Waals surface area contributed by atoms with Gasteiger partial charge in [-0.15, -0.1) is 0 Å². The number of benzene rings is 2. The average Bonchev–Trinajstić information content (AvgIpc) is 2.44. The molecular weight excluding hydrogens is 331 g/mol. The van der Waals surface area contributed by atoms with Crippen LogP contribution in [0.5, 0.6) is 5.75 Å². The molecule has 0 radical (unpaired) electrons. The molecule has 0 aromatic heterocycles. The number of anilines is 1. The highest BCUT2D eigenvalue weighted by Gasteiger charge is 2.09. The molecule has 114 valence electrons. The van der Waals surface area contributed by atoms with E-state index in [-0.39, 0.29) is 12.3 Å². The van der Waals surface area contributed by atoms with Gasteiger partial charge in [0.2, 0.25) is 0 Å². The zero-order chi connectivity index (χ0) is 16.1. The zero-order valence-corrected chi connectivity index (χ0v) is 12.6. The number of carbonyl (C=O) groups is 1. The number of hydrogen-bond acceptors (Lipinski definition) is 4. The van der Waals surface area contributed by atoms with E-state index >= 15 is 0 Å². The van der Waals surface area contributed by atoms with E-state index in [1.54, 1.807) is 12.1 Å². The summed E-state index contributed by atoms with van der Waals surface area (Å²) in [6.45, 7) is -0.278. The number of halogens is 2. The molecule has 0 spiro atoms. The fraction of sp³-hybridized carbons (Fsp3) is 0.0714. The lowest BCUT2D eigenvalue weighted by Crippen LogP contribution is -2.20. The maximum Gasteiger partial charge on any atom is 0.271 e. The molecule has 0 aliphatic carbocycles. The average molecular weight is 341 g/mol. The summed E-state index contributed by atoms with van der Waals surface area (Å²) in [5, 5.41) is 13.9. The fourth-order valence-corrected chi connectivity index (χ4v) is 2.16. The van der Waals surface area contributed by atoms with Gasteiger partial charge < -0.3 is 10.1 Å². The number of nitro benzene ring substituents is 1. The third-order valence-electron chi connectivity index (χ3n) is 2.55. The first kappa shape index (κ1) is 16.1. The summed E-state index contributed by atoms with van der Waals surface area (Å²) < 4.78 is 5.26. The molecule has 0 saturated heterocycles. The van der Waals surface area contributed by atoms with E-state index in [0.29, 0.717) is 21.5 Å². The van der Waals surface area contributed by atoms with E-state index < -0.39 is 10.8 Å². The lowest BCUT2D eigenvalue weighted by Gasteiger charge is -2.08. The van der Waals surface area contributed by atoms with Crippen molar-refractivity contribution in [3.8, 4) is 5.75 Å². The minimum atomic E-state index is -0.542. The van der Waals surface area contributed by atoms with Crippen molar-refractivity contribution in [3.63, 3.8) is 0 Å². The standard InChI is InChI=1S/C14H10Cl2N2O4/c15-9-4-10(16)6-13(5-9)22-8-14(19)17-11-2-1-3-12(7-11)18(20)21/h1-7H,8H2,(H,17,19). The summed E-state index contributed by atoms with van der Waals surface area (Å²) in [4.78, 5) is 21.9. The number of non-ortho nitro benzene ring substituents is 1. The van der Waals surface area contributed by atoms with E-state index in [2.05, 4.69) is 5.32 Å². The molecule has 2 rings (SSSR count). The van der Waals surface area contributed by atoms with Gasteiger partial charge in [0, 0.05) is 27.9 Å². The molecule has 1 N–H and O–H groups in total. The monoisotopic (exact) mass is 340 g/mol. The number of nitrogens with zero attached hydrogens (tertiary/aromatic N) is 1. The molecule has 0 fully saturated rings. The summed E-state index contributed by atoms with van der Waals surface area (Å²) in [6, 6.07) is 10.2. The first-order chi connectivity index (χ1) is 10.4. The maximum atomic E-state index is 11.8. The van der Waals surface area contributed by atoms with Gasteiger partial charge in [-0.1, -0.05) is 29.3 Å². The second-order valence-corrected chi connectivity index (χ2v) is 5.12. The van der Waals surface area contributed by atoms with Crippen LogP contribution in [0.2, 0.25) is 10.0 Å². The van der Waals surface area contributed by atoms with Crippen molar-refractivity contribution in [1.29, 1.82) is 0 Å². The van der Waals surface area contributed by atoms with Crippen molar-refractivity contribution in [2.24, 2.45) is 0 Å². The molecule has 0 aliphatic rings. The van der Waals surface area contributed by atoms with Gasteiger partial charge in [0.1, 0.15) is 5.75 Å². The summed E-state index contributed by atoms with van der Waals surface area (Å²) in [6.07, 6.45) is 0. The fourth-order valence-electron chi connectivity index (χ4n) is 1.66. The summed E-state index contributed by atoms with van der Waals surface area (Å²) in [5.74, 6) is -0.108. The van der Waals surface area contributed by atoms with E-state index in [1.165, 1.54) is 30.3 Å². The maximum absolute atomic E-state index is 11.8. The van der Waals surface area contributed by atoms with Crippen LogP contribution in [-0.4, -0.2) is 17.4 Å². The Balaban J connectivity index is 1.95. The Morgan fingerprint density at radius 3 is 2.50 bits per heavy atom. The molecule has 0 bridgehead atoms. The van der Waals surface area contributed by atoms with Crippen LogP contribution in [0.15, 0.2) is 42.5 Å². The lowest BCUT2D eigenvalue weighted by molar-refractivity contribution is -0.384. The highest BCUT2D eigenvalue weighted by atomic mass is 35.5. The topological polar surface area (TPSA) is 81.5 Å². The first-order valence-corrected chi connectivity index (χ1v) is 6.83. The quantitative estimate of drug-likeness (QED) is 0.660. The van der Waals surface area contributed by atoms with Crippen molar-refractivity contribution in [2.45, 2.75) is 0 Å². The third-order valence-corrected chi connectivity index (χ3v) is 2.98. The first-order valence-electron chi connectivity index (χ1n) is 6.07. The smallest absolute Gasteiger partial charge is 0.271 e. The molecule has 22 heavy (non-hydrogen) atoms. The molecule has 8 heteroatoms. The summed E-state index contributed by atoms with van der Waals surface area (Å²) >= 11 is 11.6. The van der Waals surface area contributed by atoms with Crippen LogP contribution in [0.25, 0.3) is 0 Å². The van der Waals surface area contributed by atoms with Gasteiger partial charge in [-0.2, -0.15) is 0 Å². The van der Waals surface area contributed by atoms with Gasteiger partial charge in [-0.25, -0.2) is 0 Å². The molecule has 0 aliphatic heterocycles. The number of rotatable bonds is 5. The van der Waals surface area contributed by atoms with Crippen molar-refractivity contribution in [2.75, 3.05) is 11.9 Å². The van der Waals surface area contributed by atoms with E-state index in [4.69, 9.17) is 27.9 Å². The largest absolute Gasteiger partial charge is 0.484 e. The second kappa shape index (κ2) is 7.11. The van der Waals surface area contributed by atoms with Gasteiger partial charge in [-0.05, 0) is 24.3 Å². The van der Waals surface area contributed by atoms with Gasteiger partial charge in [0.25, 0.3) is 11.6 Å². The van der Waals surface area contributed by atoms with E-state index in [0.717, 1.165) is 0 Å². The van der Waals surface area contributed by atoms with E-state index in [9.17, 15) is 14.9 Å². The van der Waals surface area contributed by atoms with Crippen molar-refractivity contribution >= 4 is 40.5 Å². The number of hydrogen-bond donors (Lipinski definition) is 1. The zero-order valence-electron chi connectivity index (χ0n) is 11.1. The highest BCUT2D eigenvalue weighted by molar-refractivity contribution is 6.34. The van der Waals surface area contributed by atoms with Crippen molar-refractivity contribution in [1.82, 2.24) is 0 Å². The van der Waals surface area contributed by atoms with Crippen LogP contribution in [0.1, 0.15) is 0 Å². The van der Waals surface area contributed by atoms with Crippen molar-refractivity contribution < 1.29 is 14.5 Å². The predicted molar refractivity (Wildman–Crippen MR) is 83.7 cm³/mol.